The van der Waals surface area contributed by atoms with E-state index in [1.165, 1.54) is 62.0 Å². The van der Waals surface area contributed by atoms with Gasteiger partial charge in [0.15, 0.2) is 0 Å². The molecule has 1 saturated carbocycles. The molecule has 0 amide bonds. The number of rotatable bonds is 4. The normalized spacial score (nSPS) is 22.5. The van der Waals surface area contributed by atoms with Crippen molar-refractivity contribution in [1.29, 1.82) is 0 Å². The van der Waals surface area contributed by atoms with Gasteiger partial charge in [0.25, 0.3) is 0 Å². The highest BCUT2D eigenvalue weighted by Crippen LogP contribution is 2.37. The van der Waals surface area contributed by atoms with E-state index < -0.39 is 0 Å². The summed E-state index contributed by atoms with van der Waals surface area (Å²) >= 11 is 0. The SMILES string of the molecule is c1ccc(-n2ncc(C3CCCC3)c2CC2CCCNC2)cc1. The maximum atomic E-state index is 4.79. The zero-order valence-corrected chi connectivity index (χ0v) is 13.9. The van der Waals surface area contributed by atoms with Gasteiger partial charge in [-0.05, 0) is 74.7 Å². The molecule has 0 bridgehead atoms. The fourth-order valence-corrected chi connectivity index (χ4v) is 4.33. The quantitative estimate of drug-likeness (QED) is 0.922. The standard InChI is InChI=1S/C20H27N3/c1-2-10-18(11-3-1)23-20(13-16-7-6-12-21-14-16)19(15-22-23)17-8-4-5-9-17/h1-3,10-11,15-17,21H,4-9,12-14H2. The molecule has 1 aliphatic carbocycles. The van der Waals surface area contributed by atoms with Gasteiger partial charge >= 0.3 is 0 Å². The lowest BCUT2D eigenvalue weighted by Crippen LogP contribution is -2.31. The van der Waals surface area contributed by atoms with E-state index in [4.69, 9.17) is 5.10 Å². The van der Waals surface area contributed by atoms with Crippen LogP contribution in [0.2, 0.25) is 0 Å². The summed E-state index contributed by atoms with van der Waals surface area (Å²) in [6.07, 6.45) is 11.4. The Labute approximate surface area is 139 Å². The second-order valence-electron chi connectivity index (χ2n) is 7.19. The van der Waals surface area contributed by atoms with Crippen LogP contribution in [0.4, 0.5) is 0 Å². The summed E-state index contributed by atoms with van der Waals surface area (Å²) in [5.41, 5.74) is 4.20. The topological polar surface area (TPSA) is 29.9 Å². The fourth-order valence-electron chi connectivity index (χ4n) is 4.33. The van der Waals surface area contributed by atoms with Crippen molar-refractivity contribution in [2.24, 2.45) is 5.92 Å². The minimum atomic E-state index is 0.735. The zero-order chi connectivity index (χ0) is 15.5. The predicted octanol–water partition coefficient (Wildman–Crippen LogP) is 4.07. The molecule has 2 aromatic rings. The molecule has 1 aliphatic heterocycles. The average molecular weight is 309 g/mol. The van der Waals surface area contributed by atoms with E-state index >= 15 is 0 Å². The van der Waals surface area contributed by atoms with Crippen LogP contribution in [0.25, 0.3) is 5.69 Å². The second-order valence-corrected chi connectivity index (χ2v) is 7.19. The largest absolute Gasteiger partial charge is 0.316 e. The van der Waals surface area contributed by atoms with Crippen molar-refractivity contribution in [1.82, 2.24) is 15.1 Å². The van der Waals surface area contributed by atoms with Gasteiger partial charge < -0.3 is 5.32 Å². The van der Waals surface area contributed by atoms with Crippen molar-refractivity contribution in [3.8, 4) is 5.69 Å². The summed E-state index contributed by atoms with van der Waals surface area (Å²) in [6.45, 7) is 2.34. The third kappa shape index (κ3) is 3.20. The maximum absolute atomic E-state index is 4.79. The molecule has 1 aromatic heterocycles. The van der Waals surface area contributed by atoms with E-state index in [1.54, 1.807) is 0 Å². The molecule has 0 radical (unpaired) electrons. The number of hydrogen-bond donors (Lipinski definition) is 1. The van der Waals surface area contributed by atoms with Crippen LogP contribution in [-0.2, 0) is 6.42 Å². The molecule has 1 aromatic carbocycles. The molecule has 1 atom stereocenters. The third-order valence-electron chi connectivity index (χ3n) is 5.58. The van der Waals surface area contributed by atoms with Crippen LogP contribution >= 0.6 is 0 Å². The fraction of sp³-hybridized carbons (Fsp3) is 0.550. The Morgan fingerprint density at radius 3 is 2.61 bits per heavy atom. The van der Waals surface area contributed by atoms with Gasteiger partial charge in [-0.1, -0.05) is 31.0 Å². The van der Waals surface area contributed by atoms with Gasteiger partial charge in [0.1, 0.15) is 0 Å². The molecule has 4 rings (SSSR count). The first kappa shape index (κ1) is 14.9. The van der Waals surface area contributed by atoms with Crippen LogP contribution in [0.15, 0.2) is 36.5 Å². The van der Waals surface area contributed by atoms with Crippen molar-refractivity contribution in [2.45, 2.75) is 50.9 Å². The van der Waals surface area contributed by atoms with E-state index in [0.717, 1.165) is 24.8 Å². The molecular weight excluding hydrogens is 282 g/mol. The summed E-state index contributed by atoms with van der Waals surface area (Å²) in [5.74, 6) is 1.49. The Hall–Kier alpha value is -1.61. The minimum Gasteiger partial charge on any atom is -0.316 e. The van der Waals surface area contributed by atoms with Crippen LogP contribution in [-0.4, -0.2) is 22.9 Å². The van der Waals surface area contributed by atoms with Gasteiger partial charge in [0.05, 0.1) is 11.9 Å². The van der Waals surface area contributed by atoms with Gasteiger partial charge in [0.2, 0.25) is 0 Å². The summed E-state index contributed by atoms with van der Waals surface area (Å²) < 4.78 is 2.21. The Morgan fingerprint density at radius 2 is 1.87 bits per heavy atom. The summed E-state index contributed by atoms with van der Waals surface area (Å²) in [6, 6.07) is 10.6. The van der Waals surface area contributed by atoms with E-state index in [1.807, 2.05) is 0 Å². The Bertz CT molecular complexity index is 620. The van der Waals surface area contributed by atoms with Crippen LogP contribution in [0, 0.1) is 5.92 Å². The molecule has 2 heterocycles. The Balaban J connectivity index is 1.67. The molecule has 1 N–H and O–H groups in total. The second kappa shape index (κ2) is 6.88. The summed E-state index contributed by atoms with van der Waals surface area (Å²) in [4.78, 5) is 0. The number of nitrogens with zero attached hydrogens (tertiary/aromatic N) is 2. The monoisotopic (exact) mass is 309 g/mol. The number of benzene rings is 1. The molecule has 1 unspecified atom stereocenters. The summed E-state index contributed by atoms with van der Waals surface area (Å²) in [5, 5.41) is 8.36. The number of piperidine rings is 1. The van der Waals surface area contributed by atoms with Gasteiger partial charge in [0, 0.05) is 5.69 Å². The lowest BCUT2D eigenvalue weighted by atomic mass is 9.90. The van der Waals surface area contributed by atoms with Crippen LogP contribution in [0.1, 0.15) is 55.7 Å². The number of nitrogens with one attached hydrogen (secondary N) is 1. The first-order valence-electron chi connectivity index (χ1n) is 9.25. The van der Waals surface area contributed by atoms with Gasteiger partial charge in [-0.2, -0.15) is 5.10 Å². The Morgan fingerprint density at radius 1 is 1.04 bits per heavy atom. The number of aromatic nitrogens is 2. The van der Waals surface area contributed by atoms with E-state index in [2.05, 4.69) is 46.5 Å². The highest BCUT2D eigenvalue weighted by atomic mass is 15.3. The van der Waals surface area contributed by atoms with Gasteiger partial charge in [-0.15, -0.1) is 0 Å². The van der Waals surface area contributed by atoms with Crippen LogP contribution in [0.5, 0.6) is 0 Å². The lowest BCUT2D eigenvalue weighted by Gasteiger charge is -2.24. The van der Waals surface area contributed by atoms with Gasteiger partial charge in [-0.25, -0.2) is 4.68 Å². The Kier molecular flexibility index (Phi) is 4.47. The molecule has 3 heteroatoms. The molecular formula is C20H27N3. The minimum absolute atomic E-state index is 0.735. The van der Waals surface area contributed by atoms with Gasteiger partial charge in [-0.3, -0.25) is 0 Å². The lowest BCUT2D eigenvalue weighted by molar-refractivity contribution is 0.370. The highest BCUT2D eigenvalue weighted by molar-refractivity contribution is 5.36. The zero-order valence-electron chi connectivity index (χ0n) is 13.9. The van der Waals surface area contributed by atoms with Crippen molar-refractivity contribution in [3.05, 3.63) is 47.8 Å². The molecule has 122 valence electrons. The molecule has 3 nitrogen and oxygen atoms in total. The van der Waals surface area contributed by atoms with Crippen molar-refractivity contribution in [2.75, 3.05) is 13.1 Å². The predicted molar refractivity (Wildman–Crippen MR) is 94.1 cm³/mol. The van der Waals surface area contributed by atoms with Crippen molar-refractivity contribution >= 4 is 0 Å². The smallest absolute Gasteiger partial charge is 0.0648 e. The third-order valence-corrected chi connectivity index (χ3v) is 5.58. The van der Waals surface area contributed by atoms with E-state index in [-0.39, 0.29) is 0 Å². The molecule has 0 spiro atoms. The van der Waals surface area contributed by atoms with Crippen LogP contribution < -0.4 is 5.32 Å². The van der Waals surface area contributed by atoms with E-state index in [0.29, 0.717) is 0 Å². The summed E-state index contributed by atoms with van der Waals surface area (Å²) in [7, 11) is 0. The molecule has 23 heavy (non-hydrogen) atoms. The molecule has 2 aliphatic rings. The van der Waals surface area contributed by atoms with Crippen molar-refractivity contribution < 1.29 is 0 Å². The number of hydrogen-bond acceptors (Lipinski definition) is 2. The molecule has 1 saturated heterocycles. The van der Waals surface area contributed by atoms with Crippen molar-refractivity contribution in [3.63, 3.8) is 0 Å². The number of para-hydroxylation sites is 1. The molecule has 2 fully saturated rings. The van der Waals surface area contributed by atoms with E-state index in [9.17, 15) is 0 Å². The first-order chi connectivity index (χ1) is 11.4. The maximum Gasteiger partial charge on any atom is 0.0648 e. The van der Waals surface area contributed by atoms with Crippen LogP contribution in [0.3, 0.4) is 0 Å². The average Bonchev–Trinajstić information content (AvgIpc) is 3.26. The highest BCUT2D eigenvalue weighted by Gasteiger charge is 2.25. The first-order valence-corrected chi connectivity index (χ1v) is 9.25.